The molecule has 0 aliphatic heterocycles. The molecule has 0 N–H and O–H groups in total. The van der Waals surface area contributed by atoms with Crippen molar-refractivity contribution in [2.24, 2.45) is 0 Å². The van der Waals surface area contributed by atoms with Crippen molar-refractivity contribution >= 4 is 43.1 Å². The van der Waals surface area contributed by atoms with Crippen molar-refractivity contribution in [3.8, 4) is 0 Å². The fourth-order valence-electron chi connectivity index (χ4n) is 4.24. The Kier molecular flexibility index (Phi) is 3.98. The molecule has 6 aromatic carbocycles. The Labute approximate surface area is 165 Å². The van der Waals surface area contributed by atoms with Gasteiger partial charge in [-0.05, 0) is 68.1 Å². The van der Waals surface area contributed by atoms with Crippen molar-refractivity contribution in [2.75, 3.05) is 0 Å². The van der Waals surface area contributed by atoms with Gasteiger partial charge in [0.05, 0.1) is 0 Å². The highest BCUT2D eigenvalue weighted by Gasteiger charge is 2.11. The van der Waals surface area contributed by atoms with Gasteiger partial charge in [0.1, 0.15) is 0 Å². The van der Waals surface area contributed by atoms with Gasteiger partial charge in [-0.1, -0.05) is 97.1 Å². The third-order valence-corrected chi connectivity index (χ3v) is 5.82. The molecule has 0 heterocycles. The minimum Gasteiger partial charge on any atom is -0.0620 e. The minimum atomic E-state index is 1.33. The van der Waals surface area contributed by atoms with E-state index in [4.69, 9.17) is 0 Å². The summed E-state index contributed by atoms with van der Waals surface area (Å²) in [4.78, 5) is 0. The first-order valence-corrected chi connectivity index (χ1v) is 9.80. The predicted octanol–water partition coefficient (Wildman–Crippen LogP) is 8.04. The second-order valence-electron chi connectivity index (χ2n) is 7.50. The highest BCUT2D eigenvalue weighted by molar-refractivity contribution is 6.32. The quantitative estimate of drug-likeness (QED) is 0.190. The Morgan fingerprint density at radius 3 is 0.964 bits per heavy atom. The van der Waals surface area contributed by atoms with Crippen LogP contribution < -0.4 is 0 Å². The minimum absolute atomic E-state index is 1.33. The molecule has 6 aromatic rings. The molecule has 0 saturated carbocycles. The zero-order chi connectivity index (χ0) is 19.1. The van der Waals surface area contributed by atoms with E-state index >= 15 is 0 Å². The Bertz CT molecular complexity index is 1230. The first kappa shape index (κ1) is 16.8. The van der Waals surface area contributed by atoms with Gasteiger partial charge in [0.2, 0.25) is 0 Å². The van der Waals surface area contributed by atoms with Crippen LogP contribution in [0.1, 0.15) is 11.1 Å². The fourth-order valence-corrected chi connectivity index (χ4v) is 4.24. The fraction of sp³-hybridized carbons (Fsp3) is 0.0714. The van der Waals surface area contributed by atoms with Crippen molar-refractivity contribution in [3.63, 3.8) is 0 Å². The predicted molar refractivity (Wildman–Crippen MR) is 124 cm³/mol. The van der Waals surface area contributed by atoms with Crippen LogP contribution in [-0.4, -0.2) is 0 Å². The summed E-state index contributed by atoms with van der Waals surface area (Å²) in [6, 6.07) is 34.8. The molecule has 0 saturated heterocycles. The largest absolute Gasteiger partial charge is 0.0620 e. The number of fused-ring (bicyclic) bond motifs is 2. The summed E-state index contributed by atoms with van der Waals surface area (Å²) < 4.78 is 0. The molecular weight excluding hydrogens is 336 g/mol. The first-order chi connectivity index (χ1) is 13.7. The average molecular weight is 358 g/mol. The standard InChI is InChI=1S/C20H12.C8H10/c1-5-13-6-2-11-17-18-12-4-8-14-7-3-10-16(20(14)18)15(9-1)19(13)17;1-7-5-3-4-6-8(7)2/h1-12H;3-6H,1-2H3. The van der Waals surface area contributed by atoms with E-state index in [9.17, 15) is 0 Å². The summed E-state index contributed by atoms with van der Waals surface area (Å²) in [6.45, 7) is 4.24. The molecule has 0 aliphatic carbocycles. The third kappa shape index (κ3) is 2.61. The monoisotopic (exact) mass is 358 g/mol. The summed E-state index contributed by atoms with van der Waals surface area (Å²) >= 11 is 0. The normalized spacial score (nSPS) is 11.2. The Balaban J connectivity index is 0.000000181. The van der Waals surface area contributed by atoms with Crippen LogP contribution >= 0.6 is 0 Å². The molecule has 0 aliphatic rings. The van der Waals surface area contributed by atoms with Gasteiger partial charge in [-0.2, -0.15) is 0 Å². The van der Waals surface area contributed by atoms with Gasteiger partial charge in [0.15, 0.2) is 0 Å². The first-order valence-electron chi connectivity index (χ1n) is 9.80. The van der Waals surface area contributed by atoms with Gasteiger partial charge in [-0.15, -0.1) is 0 Å². The zero-order valence-corrected chi connectivity index (χ0v) is 16.2. The lowest BCUT2D eigenvalue weighted by atomic mass is 9.90. The lowest BCUT2D eigenvalue weighted by molar-refractivity contribution is 1.34. The van der Waals surface area contributed by atoms with Gasteiger partial charge >= 0.3 is 0 Å². The molecule has 0 fully saturated rings. The number of rotatable bonds is 0. The number of aryl methyl sites for hydroxylation is 2. The molecule has 134 valence electrons. The van der Waals surface area contributed by atoms with Crippen LogP contribution in [0, 0.1) is 13.8 Å². The Hall–Kier alpha value is -3.38. The second-order valence-corrected chi connectivity index (χ2v) is 7.50. The smallest absolute Gasteiger partial charge is 0.00264 e. The van der Waals surface area contributed by atoms with E-state index in [1.54, 1.807) is 0 Å². The van der Waals surface area contributed by atoms with Crippen molar-refractivity contribution in [2.45, 2.75) is 13.8 Å². The highest BCUT2D eigenvalue weighted by Crippen LogP contribution is 2.39. The van der Waals surface area contributed by atoms with Crippen LogP contribution in [0.2, 0.25) is 0 Å². The summed E-state index contributed by atoms with van der Waals surface area (Å²) in [7, 11) is 0. The van der Waals surface area contributed by atoms with E-state index in [0.717, 1.165) is 0 Å². The summed E-state index contributed by atoms with van der Waals surface area (Å²) in [5, 5.41) is 10.9. The molecule has 0 bridgehead atoms. The second kappa shape index (κ2) is 6.65. The lowest BCUT2D eigenvalue weighted by Gasteiger charge is -2.13. The van der Waals surface area contributed by atoms with Crippen LogP contribution in [0.5, 0.6) is 0 Å². The summed E-state index contributed by atoms with van der Waals surface area (Å²) in [6.07, 6.45) is 0. The van der Waals surface area contributed by atoms with Crippen molar-refractivity contribution in [1.82, 2.24) is 0 Å². The van der Waals surface area contributed by atoms with Gasteiger partial charge in [-0.3, -0.25) is 0 Å². The topological polar surface area (TPSA) is 0 Å². The van der Waals surface area contributed by atoms with Crippen LogP contribution in [0.25, 0.3) is 43.1 Å². The molecule has 0 atom stereocenters. The molecule has 0 unspecified atom stereocenters. The van der Waals surface area contributed by atoms with E-state index in [0.29, 0.717) is 0 Å². The van der Waals surface area contributed by atoms with E-state index < -0.39 is 0 Å². The SMILES string of the molecule is Cc1ccccc1C.c1cc2cccc3c4cccc5cccc(c(c1)c23)c54. The van der Waals surface area contributed by atoms with Gasteiger partial charge in [-0.25, -0.2) is 0 Å². The van der Waals surface area contributed by atoms with Crippen LogP contribution in [0.4, 0.5) is 0 Å². The van der Waals surface area contributed by atoms with E-state index in [-0.39, 0.29) is 0 Å². The maximum Gasteiger partial charge on any atom is -0.00264 e. The molecule has 6 rings (SSSR count). The maximum atomic E-state index is 2.25. The highest BCUT2D eigenvalue weighted by atomic mass is 14.1. The van der Waals surface area contributed by atoms with Gasteiger partial charge < -0.3 is 0 Å². The zero-order valence-electron chi connectivity index (χ0n) is 16.2. The van der Waals surface area contributed by atoms with Crippen LogP contribution in [0.15, 0.2) is 97.1 Å². The summed E-state index contributed by atoms with van der Waals surface area (Å²) in [5.74, 6) is 0. The maximum absolute atomic E-state index is 2.25. The molecule has 0 heteroatoms. The van der Waals surface area contributed by atoms with Crippen molar-refractivity contribution < 1.29 is 0 Å². The molecule has 28 heavy (non-hydrogen) atoms. The van der Waals surface area contributed by atoms with Gasteiger partial charge in [0.25, 0.3) is 0 Å². The Morgan fingerprint density at radius 2 is 0.679 bits per heavy atom. The average Bonchev–Trinajstić information content (AvgIpc) is 2.74. The molecule has 0 nitrogen and oxygen atoms in total. The lowest BCUT2D eigenvalue weighted by Crippen LogP contribution is -1.85. The third-order valence-electron chi connectivity index (χ3n) is 5.82. The van der Waals surface area contributed by atoms with Crippen LogP contribution in [0.3, 0.4) is 0 Å². The van der Waals surface area contributed by atoms with Crippen LogP contribution in [-0.2, 0) is 0 Å². The van der Waals surface area contributed by atoms with Crippen molar-refractivity contribution in [1.29, 1.82) is 0 Å². The summed E-state index contributed by atoms with van der Waals surface area (Å²) in [5.41, 5.74) is 2.74. The van der Waals surface area contributed by atoms with Gasteiger partial charge in [0, 0.05) is 0 Å². The van der Waals surface area contributed by atoms with E-state index in [2.05, 4.69) is 111 Å². The number of hydrogen-bond donors (Lipinski definition) is 0. The Morgan fingerprint density at radius 1 is 0.357 bits per heavy atom. The number of hydrogen-bond acceptors (Lipinski definition) is 0. The van der Waals surface area contributed by atoms with E-state index in [1.165, 1.54) is 54.2 Å². The molecule has 0 spiro atoms. The molecule has 0 radical (unpaired) electrons. The van der Waals surface area contributed by atoms with E-state index in [1.807, 2.05) is 0 Å². The molecular formula is C28H22. The number of benzene rings is 6. The molecule has 0 aromatic heterocycles. The van der Waals surface area contributed by atoms with Crippen molar-refractivity contribution in [3.05, 3.63) is 108 Å². The molecule has 0 amide bonds.